The van der Waals surface area contributed by atoms with Crippen molar-refractivity contribution < 1.29 is 13.2 Å². The molecule has 6 nitrogen and oxygen atoms in total. The molecule has 0 bridgehead atoms. The van der Waals surface area contributed by atoms with Gasteiger partial charge >= 0.3 is 0 Å². The van der Waals surface area contributed by atoms with Gasteiger partial charge in [-0.15, -0.1) is 0 Å². The SMILES string of the molecule is N#CC1(C(=O)N2CCN(S(=O)(=O)c3ccccc3Cl)CC2)CCCC1. The number of carbonyl (C=O) groups excluding carboxylic acids is 1. The van der Waals surface area contributed by atoms with Crippen LogP contribution in [-0.2, 0) is 14.8 Å². The third kappa shape index (κ3) is 3.26. The van der Waals surface area contributed by atoms with E-state index in [1.54, 1.807) is 23.1 Å². The quantitative estimate of drug-likeness (QED) is 0.804. The van der Waals surface area contributed by atoms with Gasteiger partial charge in [-0.05, 0) is 25.0 Å². The first-order chi connectivity index (χ1) is 11.9. The van der Waals surface area contributed by atoms with Crippen molar-refractivity contribution in [3.05, 3.63) is 29.3 Å². The second kappa shape index (κ2) is 6.94. The maximum atomic E-state index is 12.7. The number of halogens is 1. The van der Waals surface area contributed by atoms with Crippen LogP contribution in [0, 0.1) is 16.7 Å². The molecule has 8 heteroatoms. The van der Waals surface area contributed by atoms with E-state index in [4.69, 9.17) is 11.6 Å². The van der Waals surface area contributed by atoms with Crippen LogP contribution in [0.25, 0.3) is 0 Å². The first-order valence-corrected chi connectivity index (χ1v) is 10.2. The summed E-state index contributed by atoms with van der Waals surface area (Å²) in [6.07, 6.45) is 2.97. The molecule has 1 aliphatic carbocycles. The van der Waals surface area contributed by atoms with Crippen molar-refractivity contribution in [3.8, 4) is 6.07 Å². The molecular formula is C17H20ClN3O3S. The number of sulfonamides is 1. The highest BCUT2D eigenvalue weighted by atomic mass is 35.5. The topological polar surface area (TPSA) is 81.5 Å². The zero-order chi connectivity index (χ0) is 18.1. The molecule has 1 aliphatic heterocycles. The summed E-state index contributed by atoms with van der Waals surface area (Å²) in [4.78, 5) is 14.5. The molecule has 25 heavy (non-hydrogen) atoms. The number of rotatable bonds is 3. The van der Waals surface area contributed by atoms with E-state index in [1.807, 2.05) is 0 Å². The van der Waals surface area contributed by atoms with Crippen molar-refractivity contribution in [3.63, 3.8) is 0 Å². The van der Waals surface area contributed by atoms with Gasteiger partial charge in [0.2, 0.25) is 15.9 Å². The molecular weight excluding hydrogens is 362 g/mol. The molecule has 0 spiro atoms. The van der Waals surface area contributed by atoms with Crippen LogP contribution in [0.2, 0.25) is 5.02 Å². The lowest BCUT2D eigenvalue weighted by Crippen LogP contribution is -2.53. The summed E-state index contributed by atoms with van der Waals surface area (Å²) in [5.41, 5.74) is -0.913. The van der Waals surface area contributed by atoms with Gasteiger partial charge in [0.15, 0.2) is 0 Å². The number of hydrogen-bond donors (Lipinski definition) is 0. The van der Waals surface area contributed by atoms with E-state index in [1.165, 1.54) is 10.4 Å². The Bertz CT molecular complexity index is 805. The van der Waals surface area contributed by atoms with Crippen LogP contribution in [0.1, 0.15) is 25.7 Å². The van der Waals surface area contributed by atoms with Crippen molar-refractivity contribution in [2.75, 3.05) is 26.2 Å². The normalized spacial score (nSPS) is 21.0. The summed E-state index contributed by atoms with van der Waals surface area (Å²) in [5.74, 6) is -0.151. The highest BCUT2D eigenvalue weighted by Crippen LogP contribution is 2.39. The molecule has 0 N–H and O–H groups in total. The summed E-state index contributed by atoms with van der Waals surface area (Å²) in [6, 6.07) is 8.56. The van der Waals surface area contributed by atoms with Gasteiger partial charge in [-0.2, -0.15) is 9.57 Å². The van der Waals surface area contributed by atoms with Crippen molar-refractivity contribution in [1.82, 2.24) is 9.21 Å². The Hall–Kier alpha value is -1.62. The smallest absolute Gasteiger partial charge is 0.244 e. The number of hydrogen-bond acceptors (Lipinski definition) is 4. The van der Waals surface area contributed by atoms with Crippen LogP contribution in [-0.4, -0.2) is 49.7 Å². The highest BCUT2D eigenvalue weighted by Gasteiger charge is 2.45. The molecule has 1 heterocycles. The van der Waals surface area contributed by atoms with Gasteiger partial charge in [0, 0.05) is 26.2 Å². The van der Waals surface area contributed by atoms with E-state index in [9.17, 15) is 18.5 Å². The van der Waals surface area contributed by atoms with Crippen molar-refractivity contribution in [2.24, 2.45) is 5.41 Å². The first kappa shape index (κ1) is 18.2. The fourth-order valence-electron chi connectivity index (χ4n) is 3.58. The first-order valence-electron chi connectivity index (χ1n) is 8.36. The highest BCUT2D eigenvalue weighted by molar-refractivity contribution is 7.89. The number of nitriles is 1. The third-order valence-electron chi connectivity index (χ3n) is 5.06. The van der Waals surface area contributed by atoms with E-state index in [0.29, 0.717) is 25.9 Å². The summed E-state index contributed by atoms with van der Waals surface area (Å²) in [7, 11) is -3.68. The molecule has 134 valence electrons. The molecule has 2 fully saturated rings. The molecule has 0 radical (unpaired) electrons. The van der Waals surface area contributed by atoms with Crippen molar-refractivity contribution in [1.29, 1.82) is 5.26 Å². The Morgan fingerprint density at radius 3 is 2.28 bits per heavy atom. The van der Waals surface area contributed by atoms with Gasteiger partial charge in [-0.1, -0.05) is 36.6 Å². The number of amides is 1. The number of carbonyl (C=O) groups is 1. The number of benzene rings is 1. The van der Waals surface area contributed by atoms with E-state index < -0.39 is 15.4 Å². The van der Waals surface area contributed by atoms with Gasteiger partial charge in [-0.25, -0.2) is 8.42 Å². The average molecular weight is 382 g/mol. The maximum absolute atomic E-state index is 12.7. The van der Waals surface area contributed by atoms with Gasteiger partial charge in [0.05, 0.1) is 11.1 Å². The van der Waals surface area contributed by atoms with Crippen LogP contribution in [0.5, 0.6) is 0 Å². The molecule has 3 rings (SSSR count). The molecule has 1 amide bonds. The minimum atomic E-state index is -3.68. The minimum Gasteiger partial charge on any atom is -0.339 e. The van der Waals surface area contributed by atoms with Crippen molar-refractivity contribution >= 4 is 27.5 Å². The van der Waals surface area contributed by atoms with E-state index in [-0.39, 0.29) is 28.9 Å². The van der Waals surface area contributed by atoms with Crippen LogP contribution >= 0.6 is 11.6 Å². The largest absolute Gasteiger partial charge is 0.339 e. The zero-order valence-electron chi connectivity index (χ0n) is 13.8. The predicted octanol–water partition coefficient (Wildman–Crippen LogP) is 2.26. The molecule has 0 aromatic heterocycles. The average Bonchev–Trinajstić information content (AvgIpc) is 3.12. The maximum Gasteiger partial charge on any atom is 0.244 e. The molecule has 1 aromatic rings. The second-order valence-electron chi connectivity index (χ2n) is 6.53. The van der Waals surface area contributed by atoms with Crippen LogP contribution in [0.3, 0.4) is 0 Å². The minimum absolute atomic E-state index is 0.0840. The predicted molar refractivity (Wildman–Crippen MR) is 93.3 cm³/mol. The van der Waals surface area contributed by atoms with Crippen LogP contribution < -0.4 is 0 Å². The fourth-order valence-corrected chi connectivity index (χ4v) is 5.49. The molecule has 1 saturated heterocycles. The van der Waals surface area contributed by atoms with Gasteiger partial charge < -0.3 is 4.90 Å². The lowest BCUT2D eigenvalue weighted by molar-refractivity contribution is -0.140. The van der Waals surface area contributed by atoms with Gasteiger partial charge in [-0.3, -0.25) is 4.79 Å². The molecule has 0 unspecified atom stereocenters. The molecule has 0 atom stereocenters. The fraction of sp³-hybridized carbons (Fsp3) is 0.529. The van der Waals surface area contributed by atoms with Gasteiger partial charge in [0.1, 0.15) is 10.3 Å². The van der Waals surface area contributed by atoms with Crippen LogP contribution in [0.4, 0.5) is 0 Å². The standard InChI is InChI=1S/C17H20ClN3O3S/c18-14-5-1-2-6-15(14)25(23,24)21-11-9-20(10-12-21)16(22)17(13-19)7-3-4-8-17/h1-2,5-6H,3-4,7-12H2. The summed E-state index contributed by atoms with van der Waals surface area (Å²) in [6.45, 7) is 1.01. The molecule has 2 aliphatic rings. The van der Waals surface area contributed by atoms with E-state index in [2.05, 4.69) is 6.07 Å². The summed E-state index contributed by atoms with van der Waals surface area (Å²) in [5, 5.41) is 9.65. The molecule has 1 aromatic carbocycles. The van der Waals surface area contributed by atoms with E-state index in [0.717, 1.165) is 12.8 Å². The number of piperazine rings is 1. The lowest BCUT2D eigenvalue weighted by atomic mass is 9.86. The third-order valence-corrected chi connectivity index (χ3v) is 7.46. The Kier molecular flexibility index (Phi) is 5.05. The molecule has 1 saturated carbocycles. The monoisotopic (exact) mass is 381 g/mol. The van der Waals surface area contributed by atoms with E-state index >= 15 is 0 Å². The number of nitrogens with zero attached hydrogens (tertiary/aromatic N) is 3. The zero-order valence-corrected chi connectivity index (χ0v) is 15.4. The van der Waals surface area contributed by atoms with Crippen molar-refractivity contribution in [2.45, 2.75) is 30.6 Å². The Labute approximate surface area is 153 Å². The lowest BCUT2D eigenvalue weighted by Gasteiger charge is -2.37. The van der Waals surface area contributed by atoms with Crippen LogP contribution in [0.15, 0.2) is 29.2 Å². The Morgan fingerprint density at radius 1 is 1.12 bits per heavy atom. The van der Waals surface area contributed by atoms with Gasteiger partial charge in [0.25, 0.3) is 0 Å². The Morgan fingerprint density at radius 2 is 1.72 bits per heavy atom. The summed E-state index contributed by atoms with van der Waals surface area (Å²) >= 11 is 6.02. The Balaban J connectivity index is 1.71. The second-order valence-corrected chi connectivity index (χ2v) is 8.84. The summed E-state index contributed by atoms with van der Waals surface area (Å²) < 4.78 is 26.8.